The Morgan fingerprint density at radius 1 is 0.284 bits per heavy atom. The topological polar surface area (TPSA) is 99.4 Å². The molecule has 9 rings (SSSR count). The van der Waals surface area contributed by atoms with Gasteiger partial charge in [-0.2, -0.15) is 0 Å². The van der Waals surface area contributed by atoms with Crippen LogP contribution in [0.15, 0.2) is 91.0 Å². The molecule has 12 bridgehead atoms. The summed E-state index contributed by atoms with van der Waals surface area (Å²) in [5.41, 5.74) is 16.6. The molecule has 0 atom stereocenters. The average Bonchev–Trinajstić information content (AvgIpc) is 3.42. The van der Waals surface area contributed by atoms with Crippen LogP contribution >= 0.6 is 22.6 Å². The summed E-state index contributed by atoms with van der Waals surface area (Å²) in [7, 11) is 0. The summed E-state index contributed by atoms with van der Waals surface area (Å²) in [6.07, 6.45) is 2.03. The van der Waals surface area contributed by atoms with Gasteiger partial charge in [-0.3, -0.25) is 0 Å². The SMILES string of the molecule is CC(C)(C)c1cc2c(O)c(c1)Cc1cc(C(C)(C)C)cc3c1OCc1cccc(c1I)COc1c(cc(C(C)(C)C)cc1Cc1cc(C(C)(C)C)cc(c1O)Cc1cc(C(C)(C)C)cc(c1O)C3)Cc1cc(C(C)(C)C)cc(c1O)C2. The zero-order valence-electron chi connectivity index (χ0n) is 51.8. The summed E-state index contributed by atoms with van der Waals surface area (Å²) in [6, 6.07) is 32.5. The molecule has 81 heavy (non-hydrogen) atoms. The Labute approximate surface area is 498 Å². The van der Waals surface area contributed by atoms with Crippen LogP contribution in [0.1, 0.15) is 236 Å². The molecule has 0 aromatic heterocycles. The van der Waals surface area contributed by atoms with Crippen molar-refractivity contribution in [1.29, 1.82) is 0 Å². The minimum atomic E-state index is -0.282. The van der Waals surface area contributed by atoms with Gasteiger partial charge in [0.25, 0.3) is 0 Å². The second-order valence-electron chi connectivity index (χ2n) is 29.8. The fourth-order valence-corrected chi connectivity index (χ4v) is 12.2. The van der Waals surface area contributed by atoms with Crippen LogP contribution in [0.5, 0.6) is 34.5 Å². The van der Waals surface area contributed by atoms with Crippen LogP contribution in [0.4, 0.5) is 0 Å². The van der Waals surface area contributed by atoms with E-state index in [9.17, 15) is 20.4 Å². The van der Waals surface area contributed by atoms with Crippen LogP contribution in [0.25, 0.3) is 0 Å². The van der Waals surface area contributed by atoms with E-state index in [0.29, 0.717) is 50.0 Å². The lowest BCUT2D eigenvalue weighted by molar-refractivity contribution is 0.292. The third-order valence-electron chi connectivity index (χ3n) is 16.9. The van der Waals surface area contributed by atoms with Gasteiger partial charge in [0.15, 0.2) is 0 Å². The lowest BCUT2D eigenvalue weighted by atomic mass is 9.79. The van der Waals surface area contributed by atoms with Crippen molar-refractivity contribution in [3.05, 3.63) is 206 Å². The number of ether oxygens (including phenoxy) is 2. The molecule has 0 amide bonds. The van der Waals surface area contributed by atoms with Crippen LogP contribution in [-0.4, -0.2) is 20.4 Å². The maximum atomic E-state index is 12.9. The summed E-state index contributed by atoms with van der Waals surface area (Å²) in [6.45, 7) is 40.4. The molecule has 6 nitrogen and oxygen atoms in total. The van der Waals surface area contributed by atoms with Crippen molar-refractivity contribution in [2.45, 2.75) is 209 Å². The number of benzene rings is 7. The third kappa shape index (κ3) is 12.7. The van der Waals surface area contributed by atoms with E-state index >= 15 is 0 Å². The van der Waals surface area contributed by atoms with Crippen LogP contribution in [0.3, 0.4) is 0 Å². The van der Waals surface area contributed by atoms with Gasteiger partial charge in [0.05, 0.1) is 0 Å². The molecule has 2 aliphatic heterocycles. The number of rotatable bonds is 0. The first-order valence-corrected chi connectivity index (χ1v) is 30.3. The van der Waals surface area contributed by atoms with Crippen LogP contribution in [-0.2, 0) is 84.2 Å². The quantitative estimate of drug-likeness (QED) is 0.113. The lowest BCUT2D eigenvalue weighted by Crippen LogP contribution is -2.16. The molecule has 0 saturated carbocycles. The molecule has 0 radical (unpaired) electrons. The van der Waals surface area contributed by atoms with E-state index in [0.717, 1.165) is 115 Å². The van der Waals surface area contributed by atoms with Gasteiger partial charge in [-0.15, -0.1) is 0 Å². The molecular weight excluding hydrogens is 1110 g/mol. The summed E-state index contributed by atoms with van der Waals surface area (Å²) < 4.78 is 15.7. The number of halogens is 1. The highest BCUT2D eigenvalue weighted by Crippen LogP contribution is 2.46. The maximum Gasteiger partial charge on any atom is 0.126 e. The molecule has 7 aromatic carbocycles. The van der Waals surface area contributed by atoms with Crippen molar-refractivity contribution in [2.24, 2.45) is 0 Å². The van der Waals surface area contributed by atoms with Crippen molar-refractivity contribution in [1.82, 2.24) is 0 Å². The Morgan fingerprint density at radius 2 is 0.457 bits per heavy atom. The van der Waals surface area contributed by atoms with Crippen molar-refractivity contribution in [2.75, 3.05) is 0 Å². The Kier molecular flexibility index (Phi) is 15.7. The molecule has 2 heterocycles. The number of phenols is 4. The van der Waals surface area contributed by atoms with E-state index < -0.39 is 0 Å². The van der Waals surface area contributed by atoms with E-state index in [4.69, 9.17) is 9.47 Å². The zero-order valence-corrected chi connectivity index (χ0v) is 54.0. The van der Waals surface area contributed by atoms with Gasteiger partial charge >= 0.3 is 0 Å². The van der Waals surface area contributed by atoms with Gasteiger partial charge in [-0.25, -0.2) is 0 Å². The number of fused-ring (bicyclic) bond motifs is 10. The largest absolute Gasteiger partial charge is 0.507 e. The Hall–Kier alpha value is -5.93. The van der Waals surface area contributed by atoms with Crippen LogP contribution in [0, 0.1) is 3.57 Å². The van der Waals surface area contributed by atoms with Gasteiger partial charge in [-0.1, -0.05) is 216 Å². The highest BCUT2D eigenvalue weighted by atomic mass is 127. The van der Waals surface area contributed by atoms with E-state index in [1.54, 1.807) is 0 Å². The average molecular weight is 1200 g/mol. The van der Waals surface area contributed by atoms with Gasteiger partial charge in [-0.05, 0) is 155 Å². The minimum absolute atomic E-state index is 0.198. The molecule has 0 fully saturated rings. The Balaban J connectivity index is 1.46. The normalized spacial score (nSPS) is 14.6. The maximum absolute atomic E-state index is 12.9. The predicted molar refractivity (Wildman–Crippen MR) is 342 cm³/mol. The minimum Gasteiger partial charge on any atom is -0.507 e. The van der Waals surface area contributed by atoms with Gasteiger partial charge in [0, 0.05) is 53.2 Å². The zero-order chi connectivity index (χ0) is 59.3. The van der Waals surface area contributed by atoms with Crippen LogP contribution in [0.2, 0.25) is 0 Å². The van der Waals surface area contributed by atoms with Crippen molar-refractivity contribution < 1.29 is 29.9 Å². The van der Waals surface area contributed by atoms with E-state index in [2.05, 4.69) is 238 Å². The molecule has 0 spiro atoms. The number of aromatic hydroxyl groups is 4. The van der Waals surface area contributed by atoms with Crippen molar-refractivity contribution >= 4 is 22.6 Å². The van der Waals surface area contributed by atoms with E-state index in [1.807, 2.05) is 0 Å². The third-order valence-corrected chi connectivity index (χ3v) is 18.3. The monoisotopic (exact) mass is 1200 g/mol. The molecule has 7 heteroatoms. The number of phenolic OH excluding ortho intramolecular Hbond substituents is 4. The van der Waals surface area contributed by atoms with Crippen LogP contribution < -0.4 is 9.47 Å². The number of hydrogen-bond acceptors (Lipinski definition) is 6. The molecular formula is C74H89IO6. The highest BCUT2D eigenvalue weighted by Gasteiger charge is 2.31. The molecule has 0 aliphatic carbocycles. The second-order valence-corrected chi connectivity index (χ2v) is 30.9. The molecule has 428 valence electrons. The Bertz CT molecular complexity index is 3170. The first-order chi connectivity index (χ1) is 37.4. The predicted octanol–water partition coefficient (Wildman–Crippen LogP) is 18.2. The standard InChI is InChI=1S/C74H89IO6/c1-69(2,3)56-28-44-22-45-29-57(70(4,5)6)33-49(64(45)77)25-54-38-61(74(16,17)18)39-55-27-51-35-59(72(10,11)12)31-47(66(51)79)23-46-30-58(71(7,8)9)34-50(65(46)78)26-53-37-60(73(13,14)15)36-52(24-48(32-56)63(44)76)67(53)80-40-42-20-19-21-43(62(42)75)41-81-68(54)55/h19-21,28-39,76-79H,22-27,40-41H2,1-18H3. The molecule has 7 aromatic rings. The van der Waals surface area contributed by atoms with E-state index in [-0.39, 0.29) is 68.7 Å². The summed E-state index contributed by atoms with van der Waals surface area (Å²) >= 11 is 2.46. The number of hydrogen-bond donors (Lipinski definition) is 4. The van der Waals surface area contributed by atoms with Gasteiger partial charge in [0.2, 0.25) is 0 Å². The lowest BCUT2D eigenvalue weighted by Gasteiger charge is -2.28. The van der Waals surface area contributed by atoms with E-state index in [1.165, 1.54) is 0 Å². The molecule has 0 unspecified atom stereocenters. The first kappa shape index (κ1) is 59.7. The molecule has 2 aliphatic rings. The smallest absolute Gasteiger partial charge is 0.126 e. The first-order valence-electron chi connectivity index (χ1n) is 29.2. The van der Waals surface area contributed by atoms with Gasteiger partial charge in [0.1, 0.15) is 47.7 Å². The fourth-order valence-electron chi connectivity index (χ4n) is 11.5. The van der Waals surface area contributed by atoms with Crippen molar-refractivity contribution in [3.8, 4) is 34.5 Å². The van der Waals surface area contributed by atoms with Gasteiger partial charge < -0.3 is 29.9 Å². The second kappa shape index (κ2) is 21.4. The molecule has 4 N–H and O–H groups in total. The highest BCUT2D eigenvalue weighted by molar-refractivity contribution is 14.1. The molecule has 0 saturated heterocycles. The Morgan fingerprint density at radius 3 is 0.642 bits per heavy atom. The summed E-state index contributed by atoms with van der Waals surface area (Å²) in [4.78, 5) is 0. The summed E-state index contributed by atoms with van der Waals surface area (Å²) in [5.74, 6) is 2.21. The van der Waals surface area contributed by atoms with Crippen molar-refractivity contribution in [3.63, 3.8) is 0 Å². The fraction of sp³-hybridized carbons (Fsp3) is 0.432. The summed E-state index contributed by atoms with van der Waals surface area (Å²) in [5, 5.41) is 51.6.